The first kappa shape index (κ1) is 12.1. The Morgan fingerprint density at radius 1 is 1.50 bits per heavy atom. The van der Waals surface area contributed by atoms with Gasteiger partial charge in [-0.3, -0.25) is 4.79 Å². The van der Waals surface area contributed by atoms with E-state index < -0.39 is 29.3 Å². The van der Waals surface area contributed by atoms with Gasteiger partial charge in [-0.2, -0.15) is 0 Å². The predicted molar refractivity (Wildman–Crippen MR) is 55.6 cm³/mol. The van der Waals surface area contributed by atoms with Crippen LogP contribution in [0.2, 0.25) is 0 Å². The fourth-order valence-electron chi connectivity index (χ4n) is 1.02. The molecule has 0 saturated heterocycles. The summed E-state index contributed by atoms with van der Waals surface area (Å²) in [5.41, 5.74) is 5.03. The first-order valence-electron chi connectivity index (χ1n) is 4.51. The van der Waals surface area contributed by atoms with Crippen LogP contribution in [0.5, 0.6) is 0 Å². The fourth-order valence-corrected chi connectivity index (χ4v) is 1.02. The monoisotopic (exact) mass is 226 g/mol. The molecular formula is C10H11FN2O3. The summed E-state index contributed by atoms with van der Waals surface area (Å²) in [4.78, 5) is 21.7. The number of anilines is 1. The molecule has 0 fully saturated rings. The van der Waals surface area contributed by atoms with E-state index in [0.717, 1.165) is 12.1 Å². The minimum Gasteiger partial charge on any atom is -0.478 e. The molecule has 0 aromatic heterocycles. The molecule has 4 N–H and O–H groups in total. The van der Waals surface area contributed by atoms with E-state index in [1.54, 1.807) is 0 Å². The van der Waals surface area contributed by atoms with Gasteiger partial charge in [-0.05, 0) is 25.1 Å². The molecule has 0 spiro atoms. The van der Waals surface area contributed by atoms with Crippen molar-refractivity contribution < 1.29 is 19.1 Å². The van der Waals surface area contributed by atoms with Crippen LogP contribution in [-0.2, 0) is 4.79 Å². The molecule has 1 rings (SSSR count). The van der Waals surface area contributed by atoms with Gasteiger partial charge in [0.15, 0.2) is 0 Å². The molecule has 0 heterocycles. The van der Waals surface area contributed by atoms with E-state index in [1.807, 2.05) is 0 Å². The normalized spacial score (nSPS) is 11.9. The van der Waals surface area contributed by atoms with Crippen LogP contribution in [0.1, 0.15) is 17.3 Å². The zero-order valence-corrected chi connectivity index (χ0v) is 8.53. The summed E-state index contributed by atoms with van der Waals surface area (Å²) >= 11 is 0. The van der Waals surface area contributed by atoms with Crippen molar-refractivity contribution >= 4 is 17.6 Å². The number of carbonyl (C=O) groups excluding carboxylic acids is 1. The fraction of sp³-hybridized carbons (Fsp3) is 0.200. The van der Waals surface area contributed by atoms with Crippen LogP contribution in [0.3, 0.4) is 0 Å². The largest absolute Gasteiger partial charge is 0.478 e. The number of halogens is 1. The highest BCUT2D eigenvalue weighted by Crippen LogP contribution is 2.14. The van der Waals surface area contributed by atoms with Gasteiger partial charge in [-0.1, -0.05) is 0 Å². The summed E-state index contributed by atoms with van der Waals surface area (Å²) in [6.45, 7) is 1.48. The molecule has 86 valence electrons. The molecule has 6 heteroatoms. The van der Waals surface area contributed by atoms with Gasteiger partial charge in [0.2, 0.25) is 5.91 Å². The Bertz CT molecular complexity index is 432. The van der Waals surface area contributed by atoms with Crippen LogP contribution < -0.4 is 11.1 Å². The lowest BCUT2D eigenvalue weighted by atomic mass is 10.2. The molecule has 0 saturated carbocycles. The van der Waals surface area contributed by atoms with Crippen LogP contribution >= 0.6 is 0 Å². The predicted octanol–water partition coefficient (Wildman–Crippen LogP) is 0.810. The summed E-state index contributed by atoms with van der Waals surface area (Å²) in [6.07, 6.45) is 0. The van der Waals surface area contributed by atoms with E-state index >= 15 is 0 Å². The van der Waals surface area contributed by atoms with Crippen molar-refractivity contribution in [1.29, 1.82) is 0 Å². The highest BCUT2D eigenvalue weighted by atomic mass is 19.1. The SMILES string of the molecule is C[C@@H](N)C(=O)Nc1ccc(C(=O)O)c(F)c1. The Hall–Kier alpha value is -1.95. The molecule has 0 radical (unpaired) electrons. The van der Waals surface area contributed by atoms with E-state index in [0.29, 0.717) is 0 Å². The van der Waals surface area contributed by atoms with Gasteiger partial charge < -0.3 is 16.2 Å². The number of nitrogens with one attached hydrogen (secondary N) is 1. The van der Waals surface area contributed by atoms with Gasteiger partial charge >= 0.3 is 5.97 Å². The van der Waals surface area contributed by atoms with Crippen LogP contribution in [0.15, 0.2) is 18.2 Å². The number of nitrogens with two attached hydrogens (primary N) is 1. The highest BCUT2D eigenvalue weighted by Gasteiger charge is 2.12. The van der Waals surface area contributed by atoms with E-state index in [2.05, 4.69) is 5.32 Å². The Labute approximate surface area is 91.1 Å². The van der Waals surface area contributed by atoms with Gasteiger partial charge in [-0.15, -0.1) is 0 Å². The average molecular weight is 226 g/mol. The molecule has 0 aliphatic carbocycles. The first-order valence-corrected chi connectivity index (χ1v) is 4.51. The minimum atomic E-state index is -1.36. The second kappa shape index (κ2) is 4.71. The second-order valence-corrected chi connectivity index (χ2v) is 3.28. The average Bonchev–Trinajstić information content (AvgIpc) is 2.16. The number of carboxylic acids is 1. The van der Waals surface area contributed by atoms with Crippen molar-refractivity contribution in [3.63, 3.8) is 0 Å². The quantitative estimate of drug-likeness (QED) is 0.711. The number of aromatic carboxylic acids is 1. The third kappa shape index (κ3) is 2.77. The van der Waals surface area contributed by atoms with Crippen molar-refractivity contribution in [2.24, 2.45) is 5.73 Å². The first-order chi connectivity index (χ1) is 7.41. The van der Waals surface area contributed by atoms with Gasteiger partial charge in [-0.25, -0.2) is 9.18 Å². The maximum Gasteiger partial charge on any atom is 0.338 e. The molecule has 1 atom stereocenters. The van der Waals surface area contributed by atoms with Gasteiger partial charge in [0.25, 0.3) is 0 Å². The lowest BCUT2D eigenvalue weighted by Crippen LogP contribution is -2.32. The zero-order chi connectivity index (χ0) is 12.3. The van der Waals surface area contributed by atoms with Crippen molar-refractivity contribution in [3.8, 4) is 0 Å². The maximum atomic E-state index is 13.2. The summed E-state index contributed by atoms with van der Waals surface area (Å²) < 4.78 is 13.2. The minimum absolute atomic E-state index is 0.171. The molecule has 0 aliphatic heterocycles. The number of hydrogen-bond acceptors (Lipinski definition) is 3. The van der Waals surface area contributed by atoms with Gasteiger partial charge in [0.1, 0.15) is 5.82 Å². The maximum absolute atomic E-state index is 13.2. The lowest BCUT2D eigenvalue weighted by molar-refractivity contribution is -0.117. The molecular weight excluding hydrogens is 215 g/mol. The number of carbonyl (C=O) groups is 2. The number of amides is 1. The van der Waals surface area contributed by atoms with Gasteiger partial charge in [0, 0.05) is 5.69 Å². The van der Waals surface area contributed by atoms with E-state index in [9.17, 15) is 14.0 Å². The van der Waals surface area contributed by atoms with Crippen LogP contribution in [-0.4, -0.2) is 23.0 Å². The summed E-state index contributed by atoms with van der Waals surface area (Å²) in [7, 11) is 0. The van der Waals surface area contributed by atoms with Gasteiger partial charge in [0.05, 0.1) is 11.6 Å². The summed E-state index contributed by atoms with van der Waals surface area (Å²) in [5.74, 6) is -2.74. The molecule has 5 nitrogen and oxygen atoms in total. The Morgan fingerprint density at radius 2 is 2.12 bits per heavy atom. The molecule has 0 bridgehead atoms. The van der Waals surface area contributed by atoms with Crippen molar-refractivity contribution in [2.75, 3.05) is 5.32 Å². The molecule has 1 aromatic rings. The molecule has 0 unspecified atom stereocenters. The smallest absolute Gasteiger partial charge is 0.338 e. The van der Waals surface area contributed by atoms with Crippen LogP contribution in [0, 0.1) is 5.82 Å². The Kier molecular flexibility index (Phi) is 3.57. The van der Waals surface area contributed by atoms with E-state index in [4.69, 9.17) is 10.8 Å². The Morgan fingerprint density at radius 3 is 2.56 bits per heavy atom. The van der Waals surface area contributed by atoms with Crippen molar-refractivity contribution in [1.82, 2.24) is 0 Å². The molecule has 1 amide bonds. The number of benzene rings is 1. The van der Waals surface area contributed by atoms with Crippen molar-refractivity contribution in [3.05, 3.63) is 29.6 Å². The van der Waals surface area contributed by atoms with E-state index in [-0.39, 0.29) is 5.69 Å². The van der Waals surface area contributed by atoms with E-state index in [1.165, 1.54) is 13.0 Å². The number of carboxylic acid groups (broad SMARTS) is 1. The topological polar surface area (TPSA) is 92.4 Å². The second-order valence-electron chi connectivity index (χ2n) is 3.28. The van der Waals surface area contributed by atoms with Crippen LogP contribution in [0.4, 0.5) is 10.1 Å². The summed E-state index contributed by atoms with van der Waals surface area (Å²) in [6, 6.07) is 2.59. The number of hydrogen-bond donors (Lipinski definition) is 3. The highest BCUT2D eigenvalue weighted by molar-refractivity contribution is 5.95. The third-order valence-corrected chi connectivity index (χ3v) is 1.88. The molecule has 0 aliphatic rings. The van der Waals surface area contributed by atoms with Crippen molar-refractivity contribution in [2.45, 2.75) is 13.0 Å². The number of rotatable bonds is 3. The summed E-state index contributed by atoms with van der Waals surface area (Å²) in [5, 5.41) is 10.9. The molecule has 1 aromatic carbocycles. The zero-order valence-electron chi connectivity index (χ0n) is 8.53. The standard InChI is InChI=1S/C10H11FN2O3/c1-5(12)9(14)13-6-2-3-7(10(15)16)8(11)4-6/h2-5H,12H2,1H3,(H,13,14)(H,15,16)/t5-/m1/s1. The third-order valence-electron chi connectivity index (χ3n) is 1.88. The van der Waals surface area contributed by atoms with Crippen LogP contribution in [0.25, 0.3) is 0 Å². The Balaban J connectivity index is 2.90. The molecule has 16 heavy (non-hydrogen) atoms. The lowest BCUT2D eigenvalue weighted by Gasteiger charge is -2.08.